The number of esters is 1. The highest BCUT2D eigenvalue weighted by atomic mass is 16.6. The highest BCUT2D eigenvalue weighted by Gasteiger charge is 2.83. The Labute approximate surface area is 145 Å². The molecule has 1 saturated heterocycles. The van der Waals surface area contributed by atoms with Crippen LogP contribution in [0, 0.1) is 28.6 Å². The number of hydrogen-bond acceptors (Lipinski definition) is 5. The van der Waals surface area contributed by atoms with Crippen LogP contribution in [-0.4, -0.2) is 44.6 Å². The second-order valence-electron chi connectivity index (χ2n) is 8.94. The lowest BCUT2D eigenvalue weighted by Gasteiger charge is -2.44. The fraction of sp³-hybridized carbons (Fsp3) is 0.684. The molecule has 0 aromatic heterocycles. The van der Waals surface area contributed by atoms with E-state index in [4.69, 9.17) is 4.74 Å². The van der Waals surface area contributed by atoms with E-state index in [2.05, 4.69) is 6.58 Å². The molecule has 4 aliphatic carbocycles. The molecule has 0 unspecified atom stereocenters. The number of aliphatic hydroxyl groups excluding tert-OH is 1. The number of carbonyl (C=O) groups excluding carboxylic acids is 1. The van der Waals surface area contributed by atoms with E-state index in [0.29, 0.717) is 31.3 Å². The largest absolute Gasteiger partial charge is 0.481 e. The summed E-state index contributed by atoms with van der Waals surface area (Å²) in [5.41, 5.74) is -3.29. The number of fused-ring (bicyclic) bond motifs is 1. The third-order valence-electron chi connectivity index (χ3n) is 8.12. The molecule has 0 radical (unpaired) electrons. The van der Waals surface area contributed by atoms with Gasteiger partial charge in [0.2, 0.25) is 0 Å². The first-order valence-electron chi connectivity index (χ1n) is 8.86. The molecule has 1 aliphatic heterocycles. The molecule has 134 valence electrons. The second-order valence-corrected chi connectivity index (χ2v) is 8.94. The molecule has 0 amide bonds. The summed E-state index contributed by atoms with van der Waals surface area (Å²) in [7, 11) is 0. The lowest BCUT2D eigenvalue weighted by molar-refractivity contribution is -0.163. The van der Waals surface area contributed by atoms with Crippen LogP contribution < -0.4 is 0 Å². The van der Waals surface area contributed by atoms with Gasteiger partial charge in [-0.25, -0.2) is 0 Å². The minimum Gasteiger partial charge on any atom is -0.481 e. The Hall–Kier alpha value is -1.66. The minimum absolute atomic E-state index is 0.180. The monoisotopic (exact) mass is 346 g/mol. The zero-order chi connectivity index (χ0) is 18.0. The maximum atomic E-state index is 12.7. The van der Waals surface area contributed by atoms with Crippen molar-refractivity contribution in [2.24, 2.45) is 28.6 Å². The topological polar surface area (TPSA) is 104 Å². The first kappa shape index (κ1) is 15.6. The van der Waals surface area contributed by atoms with Crippen LogP contribution in [-0.2, 0) is 14.3 Å². The van der Waals surface area contributed by atoms with Gasteiger partial charge in [-0.1, -0.05) is 12.7 Å². The van der Waals surface area contributed by atoms with Crippen molar-refractivity contribution in [2.75, 3.05) is 0 Å². The predicted octanol–water partition coefficient (Wildman–Crippen LogP) is 1.03. The van der Waals surface area contributed by atoms with Gasteiger partial charge in [0.25, 0.3) is 0 Å². The molecule has 0 aromatic rings. The molecule has 3 N–H and O–H groups in total. The van der Waals surface area contributed by atoms with Crippen LogP contribution in [0.25, 0.3) is 0 Å². The zero-order valence-corrected chi connectivity index (χ0v) is 14.1. The van der Waals surface area contributed by atoms with Crippen LogP contribution in [0.3, 0.4) is 0 Å². The third-order valence-corrected chi connectivity index (χ3v) is 8.12. The Morgan fingerprint density at radius 3 is 2.84 bits per heavy atom. The average molecular weight is 346 g/mol. The molecule has 6 nitrogen and oxygen atoms in total. The minimum atomic E-state index is -1.27. The normalized spacial score (nSPS) is 58.0. The molecule has 3 saturated carbocycles. The van der Waals surface area contributed by atoms with Gasteiger partial charge in [0, 0.05) is 11.8 Å². The summed E-state index contributed by atoms with van der Waals surface area (Å²) >= 11 is 0. The number of ether oxygens (including phenoxy) is 1. The third kappa shape index (κ3) is 1.36. The molecule has 4 bridgehead atoms. The second kappa shape index (κ2) is 4.01. The predicted molar refractivity (Wildman–Crippen MR) is 85.2 cm³/mol. The molecule has 25 heavy (non-hydrogen) atoms. The summed E-state index contributed by atoms with van der Waals surface area (Å²) in [5.74, 6) is -3.18. The van der Waals surface area contributed by atoms with Crippen molar-refractivity contribution in [1.82, 2.24) is 0 Å². The highest BCUT2D eigenvalue weighted by Crippen LogP contribution is 2.77. The number of carboxylic acids is 1. The van der Waals surface area contributed by atoms with E-state index >= 15 is 0 Å². The quantitative estimate of drug-likeness (QED) is 0.484. The number of aliphatic hydroxyl groups is 2. The summed E-state index contributed by atoms with van der Waals surface area (Å²) < 4.78 is 5.87. The molecule has 5 rings (SSSR count). The van der Waals surface area contributed by atoms with Gasteiger partial charge in [-0.3, -0.25) is 9.59 Å². The molecular weight excluding hydrogens is 324 g/mol. The fourth-order valence-corrected chi connectivity index (χ4v) is 7.13. The summed E-state index contributed by atoms with van der Waals surface area (Å²) in [6, 6.07) is 0. The molecular formula is C19H22O6. The van der Waals surface area contributed by atoms with Gasteiger partial charge < -0.3 is 20.1 Å². The Bertz CT molecular complexity index is 772. The van der Waals surface area contributed by atoms with Crippen LogP contribution in [0.4, 0.5) is 0 Å². The number of carbonyl (C=O) groups is 2. The molecule has 1 spiro atoms. The Morgan fingerprint density at radius 1 is 1.44 bits per heavy atom. The Kier molecular flexibility index (Phi) is 2.50. The van der Waals surface area contributed by atoms with Crippen molar-refractivity contribution in [1.29, 1.82) is 0 Å². The smallest absolute Gasteiger partial charge is 0.316 e. The first-order chi connectivity index (χ1) is 11.6. The van der Waals surface area contributed by atoms with E-state index in [1.54, 1.807) is 19.1 Å². The standard InChI is InChI=1S/C19H22O6/c1-9-7-17-8-18(9,24)5-3-10(17)19-6-4-11(20)16(2,15(23)25-19)13(19)12(17)14(21)22/h4,6,10-13,20,24H,1,3,5,7-8H2,2H3,(H,21,22)/t10-,11-,12-,13-,16-,17-,18-,19-/m0/s1. The summed E-state index contributed by atoms with van der Waals surface area (Å²) in [4.78, 5) is 25.1. The van der Waals surface area contributed by atoms with Gasteiger partial charge in [0.05, 0.1) is 17.6 Å². The van der Waals surface area contributed by atoms with E-state index in [9.17, 15) is 24.9 Å². The summed E-state index contributed by atoms with van der Waals surface area (Å²) in [6.45, 7) is 5.64. The maximum Gasteiger partial charge on any atom is 0.316 e. The van der Waals surface area contributed by atoms with E-state index in [1.807, 2.05) is 0 Å². The van der Waals surface area contributed by atoms with Gasteiger partial charge in [-0.2, -0.15) is 0 Å². The van der Waals surface area contributed by atoms with E-state index in [-0.39, 0.29) is 5.92 Å². The SMILES string of the molecule is C=C1C[C@]23C[C@@]1(O)CC[C@@H]2[C@]12C=C[C@H](O)[C@](C)(C(=O)O1)[C@@H]2[C@H]3C(=O)O. The van der Waals surface area contributed by atoms with Crippen molar-refractivity contribution < 1.29 is 29.6 Å². The average Bonchev–Trinajstić information content (AvgIpc) is 2.95. The van der Waals surface area contributed by atoms with Crippen molar-refractivity contribution in [3.8, 4) is 0 Å². The van der Waals surface area contributed by atoms with Crippen LogP contribution in [0.15, 0.2) is 24.3 Å². The van der Waals surface area contributed by atoms with Gasteiger partial charge in [0.1, 0.15) is 11.0 Å². The molecule has 5 aliphatic rings. The molecule has 6 heteroatoms. The lowest BCUT2D eigenvalue weighted by atomic mass is 9.61. The Morgan fingerprint density at radius 2 is 2.16 bits per heavy atom. The number of rotatable bonds is 1. The maximum absolute atomic E-state index is 12.7. The Balaban J connectivity index is 1.78. The zero-order valence-electron chi connectivity index (χ0n) is 14.1. The van der Waals surface area contributed by atoms with E-state index < -0.39 is 51.9 Å². The van der Waals surface area contributed by atoms with Gasteiger partial charge in [0.15, 0.2) is 0 Å². The lowest BCUT2D eigenvalue weighted by Crippen LogP contribution is -2.50. The van der Waals surface area contributed by atoms with Crippen LogP contribution in [0.5, 0.6) is 0 Å². The van der Waals surface area contributed by atoms with Crippen LogP contribution in [0.1, 0.15) is 32.6 Å². The number of hydrogen-bond donors (Lipinski definition) is 3. The number of aliphatic carboxylic acids is 1. The fourth-order valence-electron chi connectivity index (χ4n) is 7.13. The number of carboxylic acid groups (broad SMARTS) is 1. The van der Waals surface area contributed by atoms with Gasteiger partial charge >= 0.3 is 11.9 Å². The van der Waals surface area contributed by atoms with E-state index in [1.165, 1.54) is 0 Å². The van der Waals surface area contributed by atoms with Crippen LogP contribution in [0.2, 0.25) is 0 Å². The molecule has 4 fully saturated rings. The first-order valence-corrected chi connectivity index (χ1v) is 8.86. The van der Waals surface area contributed by atoms with Crippen molar-refractivity contribution in [2.45, 2.75) is 49.9 Å². The van der Waals surface area contributed by atoms with Crippen LogP contribution >= 0.6 is 0 Å². The van der Waals surface area contributed by atoms with Gasteiger partial charge in [-0.15, -0.1) is 0 Å². The van der Waals surface area contributed by atoms with Crippen molar-refractivity contribution in [3.63, 3.8) is 0 Å². The highest BCUT2D eigenvalue weighted by molar-refractivity contribution is 5.86. The van der Waals surface area contributed by atoms with Gasteiger partial charge in [-0.05, 0) is 49.7 Å². The van der Waals surface area contributed by atoms with Crippen molar-refractivity contribution in [3.05, 3.63) is 24.3 Å². The molecule has 8 atom stereocenters. The summed E-state index contributed by atoms with van der Waals surface area (Å²) in [5, 5.41) is 31.6. The molecule has 0 aromatic carbocycles. The van der Waals surface area contributed by atoms with Crippen molar-refractivity contribution >= 4 is 11.9 Å². The molecule has 1 heterocycles. The van der Waals surface area contributed by atoms with E-state index in [0.717, 1.165) is 0 Å². The summed E-state index contributed by atoms with van der Waals surface area (Å²) in [6.07, 6.45) is 4.11.